The molecule has 0 spiro atoms. The van der Waals surface area contributed by atoms with Gasteiger partial charge in [0.2, 0.25) is 0 Å². The molecule has 0 aromatic heterocycles. The lowest BCUT2D eigenvalue weighted by molar-refractivity contribution is -0.137. The number of rotatable bonds is 5. The second-order valence-corrected chi connectivity index (χ2v) is 7.56. The summed E-state index contributed by atoms with van der Waals surface area (Å²) in [6, 6.07) is 20.8. The van der Waals surface area contributed by atoms with E-state index in [2.05, 4.69) is 5.32 Å². The molecule has 1 aliphatic carbocycles. The van der Waals surface area contributed by atoms with Crippen molar-refractivity contribution in [1.29, 1.82) is 5.26 Å². The van der Waals surface area contributed by atoms with Crippen molar-refractivity contribution in [1.82, 2.24) is 5.32 Å². The number of amides is 1. The molecule has 0 bridgehead atoms. The van der Waals surface area contributed by atoms with Crippen LogP contribution >= 0.6 is 0 Å². The number of halogens is 3. The Hall–Kier alpha value is -4.05. The van der Waals surface area contributed by atoms with E-state index >= 15 is 0 Å². The molecule has 0 aliphatic heterocycles. The van der Waals surface area contributed by atoms with Crippen LogP contribution < -0.4 is 5.32 Å². The zero-order chi connectivity index (χ0) is 23.4. The van der Waals surface area contributed by atoms with Crippen LogP contribution in [0.3, 0.4) is 0 Å². The second-order valence-electron chi connectivity index (χ2n) is 7.56. The van der Waals surface area contributed by atoms with Crippen LogP contribution in [-0.2, 0) is 10.9 Å². The van der Waals surface area contributed by atoms with E-state index in [1.807, 2.05) is 48.5 Å². The van der Waals surface area contributed by atoms with Crippen LogP contribution in [0.5, 0.6) is 0 Å². The first-order valence-electron chi connectivity index (χ1n) is 10.2. The smallest absolute Gasteiger partial charge is 0.416 e. The average molecular weight is 448 g/mol. The maximum Gasteiger partial charge on any atom is 0.416 e. The van der Waals surface area contributed by atoms with E-state index in [1.54, 1.807) is 6.07 Å². The van der Waals surface area contributed by atoms with Gasteiger partial charge in [-0.3, -0.25) is 0 Å². The van der Waals surface area contributed by atoms with Crippen molar-refractivity contribution in [2.24, 2.45) is 0 Å². The van der Waals surface area contributed by atoms with Crippen LogP contribution in [0, 0.1) is 11.3 Å². The molecule has 0 heterocycles. The quantitative estimate of drug-likeness (QED) is 0.511. The highest BCUT2D eigenvalue weighted by Gasteiger charge is 2.31. The van der Waals surface area contributed by atoms with Gasteiger partial charge in [-0.2, -0.15) is 18.4 Å². The molecule has 0 atom stereocenters. The van der Waals surface area contributed by atoms with Gasteiger partial charge >= 0.3 is 12.3 Å². The number of alkyl halides is 3. The van der Waals surface area contributed by atoms with E-state index in [0.717, 1.165) is 34.4 Å². The highest BCUT2D eigenvalue weighted by molar-refractivity contribution is 5.79. The van der Waals surface area contributed by atoms with Crippen molar-refractivity contribution in [2.75, 3.05) is 13.2 Å². The SMILES string of the molecule is N#Cc1cc(C=CCNC(=O)OCC2c3ccccc3-c3ccccc32)cc(C(F)(F)F)c1. The molecule has 1 amide bonds. The first kappa shape index (κ1) is 22.2. The van der Waals surface area contributed by atoms with Crippen LogP contribution in [0.15, 0.2) is 72.8 Å². The van der Waals surface area contributed by atoms with Crippen molar-refractivity contribution in [3.63, 3.8) is 0 Å². The topological polar surface area (TPSA) is 62.1 Å². The summed E-state index contributed by atoms with van der Waals surface area (Å²) in [5, 5.41) is 11.5. The summed E-state index contributed by atoms with van der Waals surface area (Å²) in [5.41, 5.74) is 3.69. The predicted molar refractivity (Wildman–Crippen MR) is 118 cm³/mol. The number of fused-ring (bicyclic) bond motifs is 3. The minimum absolute atomic E-state index is 0.0618. The van der Waals surface area contributed by atoms with Gasteiger partial charge < -0.3 is 10.1 Å². The third-order valence-corrected chi connectivity index (χ3v) is 5.43. The number of nitriles is 1. The summed E-state index contributed by atoms with van der Waals surface area (Å²) >= 11 is 0. The van der Waals surface area contributed by atoms with E-state index in [-0.39, 0.29) is 30.2 Å². The highest BCUT2D eigenvalue weighted by atomic mass is 19.4. The number of carbonyl (C=O) groups is 1. The monoisotopic (exact) mass is 448 g/mol. The largest absolute Gasteiger partial charge is 0.449 e. The Balaban J connectivity index is 1.35. The third kappa shape index (κ3) is 4.90. The van der Waals surface area contributed by atoms with Crippen molar-refractivity contribution in [3.8, 4) is 17.2 Å². The number of ether oxygens (including phenoxy) is 1. The molecule has 1 aliphatic rings. The van der Waals surface area contributed by atoms with Crippen molar-refractivity contribution in [2.45, 2.75) is 12.1 Å². The Morgan fingerprint density at radius 1 is 1.03 bits per heavy atom. The lowest BCUT2D eigenvalue weighted by Gasteiger charge is -2.14. The van der Waals surface area contributed by atoms with Gasteiger partial charge in [-0.15, -0.1) is 0 Å². The molecule has 0 radical (unpaired) electrons. The lowest BCUT2D eigenvalue weighted by Crippen LogP contribution is -2.26. The molecule has 0 unspecified atom stereocenters. The van der Waals surface area contributed by atoms with Gasteiger partial charge in [0.05, 0.1) is 17.2 Å². The highest BCUT2D eigenvalue weighted by Crippen LogP contribution is 2.44. The predicted octanol–water partition coefficient (Wildman–Crippen LogP) is 6.13. The summed E-state index contributed by atoms with van der Waals surface area (Å²) in [4.78, 5) is 12.2. The summed E-state index contributed by atoms with van der Waals surface area (Å²) in [7, 11) is 0. The fraction of sp³-hybridized carbons (Fsp3) is 0.154. The minimum atomic E-state index is -4.55. The maximum atomic E-state index is 13.0. The molecule has 3 aromatic rings. The van der Waals surface area contributed by atoms with Gasteiger partial charge in [-0.05, 0) is 46.0 Å². The number of alkyl carbamates (subject to hydrolysis) is 1. The van der Waals surface area contributed by atoms with Crippen LogP contribution in [0.2, 0.25) is 0 Å². The average Bonchev–Trinajstić information content (AvgIpc) is 3.13. The molecule has 0 saturated heterocycles. The number of benzene rings is 3. The van der Waals surface area contributed by atoms with Crippen LogP contribution in [0.25, 0.3) is 17.2 Å². The molecule has 7 heteroatoms. The molecule has 166 valence electrons. The van der Waals surface area contributed by atoms with Gasteiger partial charge in [0.25, 0.3) is 0 Å². The Morgan fingerprint density at radius 3 is 2.27 bits per heavy atom. The molecular formula is C26H19F3N2O2. The van der Waals surface area contributed by atoms with E-state index in [0.29, 0.717) is 0 Å². The third-order valence-electron chi connectivity index (χ3n) is 5.43. The fourth-order valence-corrected chi connectivity index (χ4v) is 3.96. The number of carbonyl (C=O) groups excluding carboxylic acids is 1. The molecule has 3 aromatic carbocycles. The molecule has 0 fully saturated rings. The fourth-order valence-electron chi connectivity index (χ4n) is 3.96. The second kappa shape index (κ2) is 9.21. The zero-order valence-electron chi connectivity index (χ0n) is 17.4. The Kier molecular flexibility index (Phi) is 6.18. The van der Waals surface area contributed by atoms with Crippen molar-refractivity contribution >= 4 is 12.2 Å². The van der Waals surface area contributed by atoms with Gasteiger partial charge in [0.1, 0.15) is 6.61 Å². The number of hydrogen-bond donors (Lipinski definition) is 1. The number of hydrogen-bond acceptors (Lipinski definition) is 3. The van der Waals surface area contributed by atoms with Crippen LogP contribution in [0.1, 0.15) is 33.7 Å². The summed E-state index contributed by atoms with van der Waals surface area (Å²) in [6.07, 6.45) is -2.25. The normalized spacial score (nSPS) is 12.8. The minimum Gasteiger partial charge on any atom is -0.449 e. The molecular weight excluding hydrogens is 429 g/mol. The molecule has 1 N–H and O–H groups in total. The van der Waals surface area contributed by atoms with Crippen LogP contribution in [0.4, 0.5) is 18.0 Å². The number of nitrogens with one attached hydrogen (secondary N) is 1. The van der Waals surface area contributed by atoms with Gasteiger partial charge in [-0.1, -0.05) is 60.7 Å². The van der Waals surface area contributed by atoms with Gasteiger partial charge in [-0.25, -0.2) is 4.79 Å². The summed E-state index contributed by atoms with van der Waals surface area (Å²) in [5.74, 6) is -0.0618. The molecule has 33 heavy (non-hydrogen) atoms. The Morgan fingerprint density at radius 2 is 1.67 bits per heavy atom. The molecule has 4 nitrogen and oxygen atoms in total. The standard InChI is InChI=1S/C26H19F3N2O2/c27-26(28,29)19-13-17(12-18(14-19)15-30)6-5-11-31-25(32)33-16-24-22-9-3-1-7-20(22)21-8-2-4-10-23(21)24/h1-10,12-14,24H,11,16H2,(H,31,32). The maximum absolute atomic E-state index is 13.0. The van der Waals surface area contributed by atoms with E-state index in [1.165, 1.54) is 18.2 Å². The number of nitrogens with zero attached hydrogens (tertiary/aromatic N) is 1. The molecule has 4 rings (SSSR count). The summed E-state index contributed by atoms with van der Waals surface area (Å²) in [6.45, 7) is 0.234. The van der Waals surface area contributed by atoms with E-state index in [4.69, 9.17) is 10.00 Å². The van der Waals surface area contributed by atoms with Crippen molar-refractivity contribution < 1.29 is 22.7 Å². The van der Waals surface area contributed by atoms with E-state index < -0.39 is 17.8 Å². The molecule has 0 saturated carbocycles. The first-order valence-corrected chi connectivity index (χ1v) is 10.2. The van der Waals surface area contributed by atoms with Crippen molar-refractivity contribution in [3.05, 3.63) is 101 Å². The summed E-state index contributed by atoms with van der Waals surface area (Å²) < 4.78 is 44.3. The van der Waals surface area contributed by atoms with E-state index in [9.17, 15) is 18.0 Å². The Labute approximate surface area is 188 Å². The lowest BCUT2D eigenvalue weighted by atomic mass is 9.98. The zero-order valence-corrected chi connectivity index (χ0v) is 17.4. The van der Waals surface area contributed by atoms with Gasteiger partial charge in [0.15, 0.2) is 0 Å². The van der Waals surface area contributed by atoms with Crippen LogP contribution in [-0.4, -0.2) is 19.2 Å². The Bertz CT molecular complexity index is 1210. The van der Waals surface area contributed by atoms with Gasteiger partial charge in [0, 0.05) is 12.5 Å². The first-order chi connectivity index (χ1) is 15.9.